The summed E-state index contributed by atoms with van der Waals surface area (Å²) >= 11 is 0. The predicted molar refractivity (Wildman–Crippen MR) is 131 cm³/mol. The van der Waals surface area contributed by atoms with Crippen molar-refractivity contribution in [3.05, 3.63) is 53.6 Å². The van der Waals surface area contributed by atoms with Crippen LogP contribution in [-0.2, 0) is 16.1 Å². The summed E-state index contributed by atoms with van der Waals surface area (Å²) in [6.45, 7) is 5.60. The molecule has 0 aromatic carbocycles. The van der Waals surface area contributed by atoms with Crippen molar-refractivity contribution < 1.29 is 24.2 Å². The van der Waals surface area contributed by atoms with Gasteiger partial charge in [0.1, 0.15) is 23.2 Å². The van der Waals surface area contributed by atoms with Crippen molar-refractivity contribution in [3.63, 3.8) is 0 Å². The van der Waals surface area contributed by atoms with Gasteiger partial charge in [-0.05, 0) is 44.5 Å². The SMILES string of the molecule is CC(C)(C)OC(=O)N[C@H]1CC(=O)N(c2ccc3c(O)c(C(=O)NCc4ccc(C#N)nc4)ncc3n2)C1. The Labute approximate surface area is 212 Å². The highest BCUT2D eigenvalue weighted by molar-refractivity contribution is 6.02. The van der Waals surface area contributed by atoms with Gasteiger partial charge in [-0.2, -0.15) is 5.26 Å². The van der Waals surface area contributed by atoms with E-state index in [2.05, 4.69) is 25.6 Å². The Balaban J connectivity index is 1.45. The van der Waals surface area contributed by atoms with Gasteiger partial charge in [-0.25, -0.2) is 19.7 Å². The molecule has 4 heterocycles. The number of hydrogen-bond donors (Lipinski definition) is 3. The maximum absolute atomic E-state index is 12.6. The number of fused-ring (bicyclic) bond motifs is 1. The van der Waals surface area contributed by atoms with E-state index in [-0.39, 0.29) is 42.6 Å². The molecule has 1 atom stereocenters. The molecule has 0 bridgehead atoms. The van der Waals surface area contributed by atoms with Crippen molar-refractivity contribution in [1.29, 1.82) is 5.26 Å². The number of aromatic hydroxyl groups is 1. The van der Waals surface area contributed by atoms with Crippen LogP contribution in [0, 0.1) is 11.3 Å². The molecule has 1 fully saturated rings. The molecular formula is C25H25N7O5. The van der Waals surface area contributed by atoms with Gasteiger partial charge in [0, 0.05) is 31.1 Å². The van der Waals surface area contributed by atoms with Gasteiger partial charge in [0.05, 0.1) is 17.8 Å². The Bertz CT molecular complexity index is 1410. The smallest absolute Gasteiger partial charge is 0.407 e. The quantitative estimate of drug-likeness (QED) is 0.472. The number of alkyl carbamates (subject to hydrolysis) is 1. The van der Waals surface area contributed by atoms with Crippen LogP contribution in [0.2, 0.25) is 0 Å². The van der Waals surface area contributed by atoms with E-state index in [1.54, 1.807) is 39.0 Å². The number of carbonyl (C=O) groups is 3. The highest BCUT2D eigenvalue weighted by atomic mass is 16.6. The first-order chi connectivity index (χ1) is 17.5. The van der Waals surface area contributed by atoms with E-state index in [1.807, 2.05) is 6.07 Å². The van der Waals surface area contributed by atoms with Crippen LogP contribution >= 0.6 is 0 Å². The zero-order chi connectivity index (χ0) is 26.7. The first-order valence-corrected chi connectivity index (χ1v) is 11.5. The summed E-state index contributed by atoms with van der Waals surface area (Å²) < 4.78 is 5.25. The molecule has 0 radical (unpaired) electrons. The minimum atomic E-state index is -0.655. The summed E-state index contributed by atoms with van der Waals surface area (Å²) in [5.41, 5.74) is 0.398. The molecular weight excluding hydrogens is 478 g/mol. The number of carbonyl (C=O) groups excluding carboxylic acids is 3. The minimum absolute atomic E-state index is 0.0936. The molecule has 0 aliphatic carbocycles. The molecule has 3 N–H and O–H groups in total. The van der Waals surface area contributed by atoms with Gasteiger partial charge >= 0.3 is 6.09 Å². The Morgan fingerprint density at radius 1 is 1.22 bits per heavy atom. The normalized spacial score (nSPS) is 15.4. The van der Waals surface area contributed by atoms with Gasteiger partial charge in [0.15, 0.2) is 11.4 Å². The van der Waals surface area contributed by atoms with Crippen LogP contribution in [-0.4, -0.2) is 56.2 Å². The van der Waals surface area contributed by atoms with Crippen LogP contribution in [0.5, 0.6) is 5.75 Å². The average Bonchev–Trinajstić information content (AvgIpc) is 3.21. The molecule has 37 heavy (non-hydrogen) atoms. The second-order valence-electron chi connectivity index (χ2n) is 9.46. The lowest BCUT2D eigenvalue weighted by molar-refractivity contribution is -0.117. The molecule has 1 aliphatic heterocycles. The van der Waals surface area contributed by atoms with Crippen molar-refractivity contribution >= 4 is 34.6 Å². The summed E-state index contributed by atoms with van der Waals surface area (Å²) in [5, 5.41) is 25.1. The van der Waals surface area contributed by atoms with Crippen molar-refractivity contribution in [3.8, 4) is 11.8 Å². The van der Waals surface area contributed by atoms with E-state index in [0.29, 0.717) is 22.3 Å². The summed E-state index contributed by atoms with van der Waals surface area (Å²) in [5.74, 6) is -0.834. The molecule has 1 saturated heterocycles. The zero-order valence-electron chi connectivity index (χ0n) is 20.5. The Kier molecular flexibility index (Phi) is 6.88. The van der Waals surface area contributed by atoms with E-state index < -0.39 is 23.6 Å². The summed E-state index contributed by atoms with van der Waals surface area (Å²) in [7, 11) is 0. The maximum atomic E-state index is 12.6. The number of pyridine rings is 3. The third-order valence-corrected chi connectivity index (χ3v) is 5.44. The maximum Gasteiger partial charge on any atom is 0.407 e. The highest BCUT2D eigenvalue weighted by Crippen LogP contribution is 2.29. The van der Waals surface area contributed by atoms with Gasteiger partial charge in [-0.3, -0.25) is 14.5 Å². The van der Waals surface area contributed by atoms with Crippen LogP contribution in [0.3, 0.4) is 0 Å². The third kappa shape index (κ3) is 5.90. The van der Waals surface area contributed by atoms with E-state index in [4.69, 9.17) is 10.00 Å². The van der Waals surface area contributed by atoms with Gasteiger partial charge in [0.2, 0.25) is 5.91 Å². The number of amides is 3. The molecule has 3 amide bonds. The fourth-order valence-corrected chi connectivity index (χ4v) is 3.75. The lowest BCUT2D eigenvalue weighted by Crippen LogP contribution is -2.40. The van der Waals surface area contributed by atoms with Crippen molar-refractivity contribution in [2.75, 3.05) is 11.4 Å². The van der Waals surface area contributed by atoms with Crippen LogP contribution in [0.15, 0.2) is 36.7 Å². The van der Waals surface area contributed by atoms with Crippen LogP contribution in [0.1, 0.15) is 48.9 Å². The van der Waals surface area contributed by atoms with E-state index >= 15 is 0 Å². The number of hydrogen-bond acceptors (Lipinski definition) is 9. The number of nitrogens with zero attached hydrogens (tertiary/aromatic N) is 5. The molecule has 0 spiro atoms. The second kappa shape index (κ2) is 10.1. The number of anilines is 1. The Morgan fingerprint density at radius 3 is 2.68 bits per heavy atom. The largest absolute Gasteiger partial charge is 0.505 e. The fourth-order valence-electron chi connectivity index (χ4n) is 3.75. The van der Waals surface area contributed by atoms with E-state index in [9.17, 15) is 19.5 Å². The van der Waals surface area contributed by atoms with E-state index in [1.165, 1.54) is 23.4 Å². The van der Waals surface area contributed by atoms with Crippen molar-refractivity contribution in [2.24, 2.45) is 0 Å². The molecule has 0 unspecified atom stereocenters. The topological polar surface area (TPSA) is 170 Å². The molecule has 3 aromatic rings. The fraction of sp³-hybridized carbons (Fsp3) is 0.320. The molecule has 12 nitrogen and oxygen atoms in total. The molecule has 3 aromatic heterocycles. The number of aromatic nitrogens is 3. The predicted octanol–water partition coefficient (Wildman–Crippen LogP) is 2.16. The summed E-state index contributed by atoms with van der Waals surface area (Å²) in [6.07, 6.45) is 2.31. The van der Waals surface area contributed by atoms with Crippen LogP contribution in [0.25, 0.3) is 10.9 Å². The number of nitrogens with one attached hydrogen (secondary N) is 2. The molecule has 1 aliphatic rings. The monoisotopic (exact) mass is 503 g/mol. The lowest BCUT2D eigenvalue weighted by Gasteiger charge is -2.21. The molecule has 12 heteroatoms. The lowest BCUT2D eigenvalue weighted by atomic mass is 10.2. The zero-order valence-corrected chi connectivity index (χ0v) is 20.5. The number of rotatable bonds is 5. The van der Waals surface area contributed by atoms with Gasteiger partial charge < -0.3 is 20.5 Å². The van der Waals surface area contributed by atoms with Crippen molar-refractivity contribution in [1.82, 2.24) is 25.6 Å². The minimum Gasteiger partial charge on any atom is -0.505 e. The number of ether oxygens (including phenoxy) is 1. The molecule has 4 rings (SSSR count). The van der Waals surface area contributed by atoms with Crippen LogP contribution < -0.4 is 15.5 Å². The molecule has 190 valence electrons. The Hall–Kier alpha value is -4.79. The first-order valence-electron chi connectivity index (χ1n) is 11.5. The van der Waals surface area contributed by atoms with E-state index in [0.717, 1.165) is 0 Å². The number of nitriles is 1. The summed E-state index contributed by atoms with van der Waals surface area (Å²) in [4.78, 5) is 51.1. The van der Waals surface area contributed by atoms with Gasteiger partial charge in [0.25, 0.3) is 5.91 Å². The Morgan fingerprint density at radius 2 is 2.00 bits per heavy atom. The summed E-state index contributed by atoms with van der Waals surface area (Å²) in [6, 6.07) is 7.79. The van der Waals surface area contributed by atoms with Gasteiger partial charge in [-0.15, -0.1) is 0 Å². The second-order valence-corrected chi connectivity index (χ2v) is 9.46. The standard InChI is InChI=1S/C25H25N7O5/c1-25(2,3)37-24(36)30-16-8-20(33)32(13-16)19-7-6-17-18(31-19)12-28-21(22(17)34)23(35)29-11-14-4-5-15(9-26)27-10-14/h4-7,10,12,16,34H,8,11,13H2,1-3H3,(H,29,35)(H,30,36)/t16-/m0/s1. The first kappa shape index (κ1) is 25.3. The average molecular weight is 504 g/mol. The van der Waals surface area contributed by atoms with Gasteiger partial charge in [-0.1, -0.05) is 6.07 Å². The van der Waals surface area contributed by atoms with Crippen LogP contribution in [0.4, 0.5) is 10.6 Å². The highest BCUT2D eigenvalue weighted by Gasteiger charge is 2.33. The third-order valence-electron chi connectivity index (χ3n) is 5.44. The van der Waals surface area contributed by atoms with Crippen molar-refractivity contribution in [2.45, 2.75) is 45.4 Å². The molecule has 0 saturated carbocycles.